The summed E-state index contributed by atoms with van der Waals surface area (Å²) < 4.78 is 5.76. The Kier molecular flexibility index (Phi) is 5.69. The van der Waals surface area contributed by atoms with Crippen LogP contribution in [0.4, 0.5) is 4.79 Å². The van der Waals surface area contributed by atoms with Crippen molar-refractivity contribution in [2.75, 3.05) is 37.7 Å². The van der Waals surface area contributed by atoms with Gasteiger partial charge in [-0.15, -0.1) is 0 Å². The fraction of sp³-hybridized carbons (Fsp3) is 0.938. The molecule has 3 aliphatic rings. The molecule has 3 rings (SSSR count). The minimum absolute atomic E-state index is 0.0476. The third-order valence-corrected chi connectivity index (χ3v) is 6.11. The summed E-state index contributed by atoms with van der Waals surface area (Å²) >= 11 is 2.00. The fourth-order valence-corrected chi connectivity index (χ4v) is 4.76. The molecule has 21 heavy (non-hydrogen) atoms. The molecule has 120 valence electrons. The van der Waals surface area contributed by atoms with Crippen LogP contribution in [0.3, 0.4) is 0 Å². The number of hydrogen-bond acceptors (Lipinski definition) is 4. The van der Waals surface area contributed by atoms with Gasteiger partial charge in [-0.25, -0.2) is 4.79 Å². The minimum Gasteiger partial charge on any atom is -0.446 e. The van der Waals surface area contributed by atoms with Gasteiger partial charge in [-0.3, -0.25) is 0 Å². The molecule has 1 aliphatic carbocycles. The summed E-state index contributed by atoms with van der Waals surface area (Å²) in [6, 6.07) is 0.338. The number of ether oxygens (including phenoxy) is 1. The molecular formula is C16H28N2O2S. The van der Waals surface area contributed by atoms with Gasteiger partial charge in [0.05, 0.1) is 6.04 Å². The van der Waals surface area contributed by atoms with Crippen LogP contribution in [-0.4, -0.2) is 65.7 Å². The zero-order chi connectivity index (χ0) is 14.5. The molecule has 0 aromatic heterocycles. The lowest BCUT2D eigenvalue weighted by atomic mass is 10.2. The monoisotopic (exact) mass is 312 g/mol. The van der Waals surface area contributed by atoms with Crippen LogP contribution in [0, 0.1) is 0 Å². The number of carbonyl (C=O) groups is 1. The molecule has 5 heteroatoms. The quantitative estimate of drug-likeness (QED) is 0.802. The highest BCUT2D eigenvalue weighted by Gasteiger charge is 2.31. The van der Waals surface area contributed by atoms with Crippen LogP contribution in [0.2, 0.25) is 0 Å². The van der Waals surface area contributed by atoms with E-state index in [1.54, 1.807) is 0 Å². The lowest BCUT2D eigenvalue weighted by molar-refractivity contribution is 0.0517. The van der Waals surface area contributed by atoms with E-state index in [0.717, 1.165) is 38.1 Å². The minimum atomic E-state index is -0.0476. The van der Waals surface area contributed by atoms with E-state index in [2.05, 4.69) is 4.90 Å². The van der Waals surface area contributed by atoms with Crippen molar-refractivity contribution in [2.45, 2.75) is 57.1 Å². The van der Waals surface area contributed by atoms with E-state index in [1.807, 2.05) is 16.7 Å². The second kappa shape index (κ2) is 7.73. The lowest BCUT2D eigenvalue weighted by Gasteiger charge is -2.32. The average molecular weight is 312 g/mol. The third kappa shape index (κ3) is 4.28. The van der Waals surface area contributed by atoms with Gasteiger partial charge < -0.3 is 14.5 Å². The molecule has 0 bridgehead atoms. The van der Waals surface area contributed by atoms with Gasteiger partial charge in [0.25, 0.3) is 0 Å². The fourth-order valence-electron chi connectivity index (χ4n) is 3.70. The number of hydrogen-bond donors (Lipinski definition) is 0. The van der Waals surface area contributed by atoms with Crippen molar-refractivity contribution in [3.05, 3.63) is 0 Å². The first-order chi connectivity index (χ1) is 10.3. The van der Waals surface area contributed by atoms with Crippen LogP contribution < -0.4 is 0 Å². The van der Waals surface area contributed by atoms with E-state index in [4.69, 9.17) is 4.74 Å². The van der Waals surface area contributed by atoms with E-state index in [9.17, 15) is 4.79 Å². The van der Waals surface area contributed by atoms with Gasteiger partial charge in [0.1, 0.15) is 6.10 Å². The molecule has 2 heterocycles. The highest BCUT2D eigenvalue weighted by Crippen LogP contribution is 2.24. The predicted octanol–water partition coefficient (Wildman–Crippen LogP) is 2.97. The van der Waals surface area contributed by atoms with Crippen LogP contribution in [0.15, 0.2) is 0 Å². The van der Waals surface area contributed by atoms with Gasteiger partial charge in [-0.2, -0.15) is 11.8 Å². The standard InChI is InChI=1S/C16H28N2O2S/c19-16(20-15-6-1-2-7-15)18-10-5-11-21-13-14(18)12-17-8-3-4-9-17/h14-15H,1-13H2. The van der Waals surface area contributed by atoms with E-state index in [0.29, 0.717) is 6.04 Å². The SMILES string of the molecule is O=C(OC1CCCC1)N1CCCSCC1CN1CCCC1. The van der Waals surface area contributed by atoms with Crippen molar-refractivity contribution in [2.24, 2.45) is 0 Å². The molecule has 0 aromatic rings. The highest BCUT2D eigenvalue weighted by atomic mass is 32.2. The molecule has 1 saturated carbocycles. The Morgan fingerprint density at radius 3 is 2.57 bits per heavy atom. The Labute approximate surface area is 132 Å². The van der Waals surface area contributed by atoms with Crippen LogP contribution >= 0.6 is 11.8 Å². The van der Waals surface area contributed by atoms with Crippen molar-refractivity contribution in [1.29, 1.82) is 0 Å². The Bertz CT molecular complexity index is 341. The summed E-state index contributed by atoms with van der Waals surface area (Å²) in [5.41, 5.74) is 0. The molecule has 2 saturated heterocycles. The molecule has 1 amide bonds. The van der Waals surface area contributed by atoms with Crippen LogP contribution in [0.25, 0.3) is 0 Å². The predicted molar refractivity (Wildman–Crippen MR) is 86.8 cm³/mol. The maximum Gasteiger partial charge on any atom is 0.410 e. The van der Waals surface area contributed by atoms with Crippen LogP contribution in [0.1, 0.15) is 44.9 Å². The maximum atomic E-state index is 12.6. The summed E-state index contributed by atoms with van der Waals surface area (Å²) in [7, 11) is 0. The largest absolute Gasteiger partial charge is 0.446 e. The molecule has 0 aromatic carbocycles. The van der Waals surface area contributed by atoms with Gasteiger partial charge in [0.2, 0.25) is 0 Å². The normalized spacial score (nSPS) is 28.8. The molecule has 3 fully saturated rings. The van der Waals surface area contributed by atoms with E-state index >= 15 is 0 Å². The maximum absolute atomic E-state index is 12.6. The van der Waals surface area contributed by atoms with Crippen molar-refractivity contribution in [1.82, 2.24) is 9.80 Å². The van der Waals surface area contributed by atoms with Gasteiger partial charge in [0, 0.05) is 18.8 Å². The first-order valence-electron chi connectivity index (χ1n) is 8.60. The highest BCUT2D eigenvalue weighted by molar-refractivity contribution is 7.99. The van der Waals surface area contributed by atoms with Gasteiger partial charge in [-0.05, 0) is 63.8 Å². The van der Waals surface area contributed by atoms with Crippen LogP contribution in [0.5, 0.6) is 0 Å². The Morgan fingerprint density at radius 1 is 1.05 bits per heavy atom. The molecule has 4 nitrogen and oxygen atoms in total. The Hall–Kier alpha value is -0.420. The second-order valence-electron chi connectivity index (χ2n) is 6.57. The van der Waals surface area contributed by atoms with Crippen molar-refractivity contribution in [3.8, 4) is 0 Å². The Morgan fingerprint density at radius 2 is 1.81 bits per heavy atom. The number of carbonyl (C=O) groups excluding carboxylic acids is 1. The third-order valence-electron chi connectivity index (χ3n) is 4.91. The topological polar surface area (TPSA) is 32.8 Å². The first-order valence-corrected chi connectivity index (χ1v) is 9.76. The van der Waals surface area contributed by atoms with Gasteiger partial charge in [0.15, 0.2) is 0 Å². The summed E-state index contributed by atoms with van der Waals surface area (Å²) in [5.74, 6) is 2.24. The van der Waals surface area contributed by atoms with E-state index in [1.165, 1.54) is 44.5 Å². The summed E-state index contributed by atoms with van der Waals surface area (Å²) in [6.45, 7) is 4.31. The number of nitrogens with zero attached hydrogens (tertiary/aromatic N) is 2. The summed E-state index contributed by atoms with van der Waals surface area (Å²) in [4.78, 5) is 17.1. The molecule has 0 spiro atoms. The first kappa shape index (κ1) is 15.5. The Balaban J connectivity index is 1.58. The number of likely N-dealkylation sites (tertiary alicyclic amines) is 1. The van der Waals surface area contributed by atoms with Gasteiger partial charge in [-0.1, -0.05) is 0 Å². The van der Waals surface area contributed by atoms with Gasteiger partial charge >= 0.3 is 6.09 Å². The lowest BCUT2D eigenvalue weighted by Crippen LogP contribution is -2.48. The molecular weight excluding hydrogens is 284 g/mol. The molecule has 0 N–H and O–H groups in total. The average Bonchev–Trinajstić information content (AvgIpc) is 3.11. The van der Waals surface area contributed by atoms with Crippen LogP contribution in [-0.2, 0) is 4.74 Å². The summed E-state index contributed by atoms with van der Waals surface area (Å²) in [6.07, 6.45) is 8.40. The molecule has 2 aliphatic heterocycles. The summed E-state index contributed by atoms with van der Waals surface area (Å²) in [5, 5.41) is 0. The van der Waals surface area contributed by atoms with Crippen molar-refractivity contribution in [3.63, 3.8) is 0 Å². The number of thioether (sulfide) groups is 1. The second-order valence-corrected chi connectivity index (χ2v) is 7.72. The molecule has 1 atom stereocenters. The van der Waals surface area contributed by atoms with E-state index < -0.39 is 0 Å². The van der Waals surface area contributed by atoms with Crippen molar-refractivity contribution >= 4 is 17.9 Å². The molecule has 0 radical (unpaired) electrons. The molecule has 1 unspecified atom stereocenters. The van der Waals surface area contributed by atoms with E-state index in [-0.39, 0.29) is 12.2 Å². The zero-order valence-electron chi connectivity index (χ0n) is 13.0. The number of rotatable bonds is 3. The zero-order valence-corrected chi connectivity index (χ0v) is 13.8. The number of amides is 1. The van der Waals surface area contributed by atoms with Crippen molar-refractivity contribution < 1.29 is 9.53 Å². The smallest absolute Gasteiger partial charge is 0.410 e.